The second kappa shape index (κ2) is 9.43. The van der Waals surface area contributed by atoms with Gasteiger partial charge in [0.05, 0.1) is 23.4 Å². The molecule has 4 heterocycles. The molecule has 36 heavy (non-hydrogen) atoms. The minimum Gasteiger partial charge on any atom is -0.454 e. The Hall–Kier alpha value is -4.24. The average molecular weight is 502 g/mol. The topological polar surface area (TPSA) is 196 Å². The fourth-order valence-electron chi connectivity index (χ4n) is 4.09. The van der Waals surface area contributed by atoms with E-state index in [0.29, 0.717) is 22.5 Å². The predicted octanol–water partition coefficient (Wildman–Crippen LogP) is 1.65. The molecule has 0 aliphatic carbocycles. The molecule has 1 aromatic carbocycles. The summed E-state index contributed by atoms with van der Waals surface area (Å²) in [7, 11) is 0. The monoisotopic (exact) mass is 502 g/mol. The number of nitro groups is 1. The van der Waals surface area contributed by atoms with E-state index >= 15 is 0 Å². The number of aliphatic hydroxyl groups excluding tert-OH is 1. The van der Waals surface area contributed by atoms with Crippen LogP contribution >= 0.6 is 0 Å². The van der Waals surface area contributed by atoms with Crippen molar-refractivity contribution in [3.05, 3.63) is 40.5 Å². The van der Waals surface area contributed by atoms with E-state index in [9.17, 15) is 20.0 Å². The second-order valence-corrected chi connectivity index (χ2v) is 8.31. The standard InChI is InChI=1S/C21H22N6O9/c1-10(11-2-14-15(35-9-34-14)3-12(11)27(30)31)5-32-21(29)33-6-16-13(28)4-17(36-16)26-8-25-18-19(22)23-7-24-20(18)26/h2-3,7-8,10,13,16-17,28H,4-6,9H2,1H3,(H2,22,23,24)/t10?,13-,16+,17+/m0/s1. The third-order valence-electron chi connectivity index (χ3n) is 5.97. The quantitative estimate of drug-likeness (QED) is 0.269. The van der Waals surface area contributed by atoms with Gasteiger partial charge in [-0.2, -0.15) is 0 Å². The maximum atomic E-state index is 12.2. The van der Waals surface area contributed by atoms with Crippen molar-refractivity contribution in [1.29, 1.82) is 0 Å². The minimum absolute atomic E-state index is 0.0259. The van der Waals surface area contributed by atoms with Crippen LogP contribution in [-0.2, 0) is 14.2 Å². The van der Waals surface area contributed by atoms with E-state index < -0.39 is 35.4 Å². The Morgan fingerprint density at radius 1 is 1.31 bits per heavy atom. The first kappa shape index (κ1) is 23.5. The first-order valence-electron chi connectivity index (χ1n) is 11.0. The molecule has 3 N–H and O–H groups in total. The number of aliphatic hydroxyl groups is 1. The molecule has 0 amide bonds. The highest BCUT2D eigenvalue weighted by Gasteiger charge is 2.37. The normalized spacial score (nSPS) is 21.4. The van der Waals surface area contributed by atoms with Crippen molar-refractivity contribution >= 4 is 28.8 Å². The largest absolute Gasteiger partial charge is 0.508 e. The third-order valence-corrected chi connectivity index (χ3v) is 5.97. The van der Waals surface area contributed by atoms with Crippen molar-refractivity contribution in [2.24, 2.45) is 0 Å². The van der Waals surface area contributed by atoms with Crippen LogP contribution in [0.2, 0.25) is 0 Å². The van der Waals surface area contributed by atoms with Gasteiger partial charge >= 0.3 is 6.16 Å². The number of benzene rings is 1. The number of imidazole rings is 1. The summed E-state index contributed by atoms with van der Waals surface area (Å²) in [6, 6.07) is 2.78. The summed E-state index contributed by atoms with van der Waals surface area (Å²) in [4.78, 5) is 35.3. The lowest BCUT2D eigenvalue weighted by Crippen LogP contribution is -2.28. The van der Waals surface area contributed by atoms with Gasteiger partial charge in [0.25, 0.3) is 5.69 Å². The molecule has 15 heteroatoms. The zero-order valence-corrected chi connectivity index (χ0v) is 19.0. The van der Waals surface area contributed by atoms with E-state index in [4.69, 9.17) is 29.4 Å². The number of rotatable bonds is 7. The lowest BCUT2D eigenvalue weighted by Gasteiger charge is -2.17. The molecule has 190 valence electrons. The van der Waals surface area contributed by atoms with Gasteiger partial charge in [-0.15, -0.1) is 0 Å². The van der Waals surface area contributed by atoms with E-state index in [0.717, 1.165) is 0 Å². The molecule has 0 bridgehead atoms. The number of fused-ring (bicyclic) bond motifs is 2. The summed E-state index contributed by atoms with van der Waals surface area (Å²) in [5.41, 5.74) is 6.82. The zero-order chi connectivity index (χ0) is 25.4. The number of hydrogen-bond acceptors (Lipinski definition) is 13. The van der Waals surface area contributed by atoms with Crippen LogP contribution in [-0.4, -0.2) is 67.9 Å². The van der Waals surface area contributed by atoms with E-state index in [1.807, 2.05) is 0 Å². The van der Waals surface area contributed by atoms with Gasteiger partial charge in [0, 0.05) is 17.9 Å². The van der Waals surface area contributed by atoms with Crippen LogP contribution in [0.5, 0.6) is 11.5 Å². The number of nitro benzene ring substituents is 1. The lowest BCUT2D eigenvalue weighted by molar-refractivity contribution is -0.385. The molecule has 0 saturated carbocycles. The van der Waals surface area contributed by atoms with Gasteiger partial charge in [-0.25, -0.2) is 19.7 Å². The van der Waals surface area contributed by atoms with E-state index in [1.165, 1.54) is 24.8 Å². The highest BCUT2D eigenvalue weighted by Crippen LogP contribution is 2.40. The average Bonchev–Trinajstić information content (AvgIpc) is 3.58. The Balaban J connectivity index is 1.16. The first-order chi connectivity index (χ1) is 17.3. The van der Waals surface area contributed by atoms with Crippen molar-refractivity contribution in [1.82, 2.24) is 19.5 Å². The maximum absolute atomic E-state index is 12.2. The molecule has 2 aromatic heterocycles. The smallest absolute Gasteiger partial charge is 0.454 e. The second-order valence-electron chi connectivity index (χ2n) is 8.31. The van der Waals surface area contributed by atoms with Gasteiger partial charge < -0.3 is 34.5 Å². The Morgan fingerprint density at radius 3 is 2.86 bits per heavy atom. The van der Waals surface area contributed by atoms with Crippen LogP contribution in [0.15, 0.2) is 24.8 Å². The lowest BCUT2D eigenvalue weighted by atomic mass is 9.99. The summed E-state index contributed by atoms with van der Waals surface area (Å²) in [5.74, 6) is 0.354. The predicted molar refractivity (Wildman–Crippen MR) is 119 cm³/mol. The number of anilines is 1. The zero-order valence-electron chi connectivity index (χ0n) is 19.0. The number of ether oxygens (including phenoxy) is 5. The molecule has 1 unspecified atom stereocenters. The van der Waals surface area contributed by atoms with Gasteiger partial charge in [-0.1, -0.05) is 6.92 Å². The van der Waals surface area contributed by atoms with Crippen LogP contribution in [0.4, 0.5) is 16.3 Å². The van der Waals surface area contributed by atoms with Crippen molar-refractivity contribution < 1.29 is 38.5 Å². The number of carbonyl (C=O) groups excluding carboxylic acids is 1. The van der Waals surface area contributed by atoms with E-state index in [2.05, 4.69) is 15.0 Å². The molecule has 2 aliphatic rings. The molecule has 0 spiro atoms. The van der Waals surface area contributed by atoms with Crippen molar-refractivity contribution in [3.8, 4) is 11.5 Å². The Kier molecular flexibility index (Phi) is 6.15. The van der Waals surface area contributed by atoms with Gasteiger partial charge in [0.1, 0.15) is 37.4 Å². The van der Waals surface area contributed by atoms with Crippen molar-refractivity contribution in [2.75, 3.05) is 25.7 Å². The SMILES string of the molecule is CC(COC(=O)OC[C@H]1O[C@@H](n2cnc3c(N)ncnc32)C[C@@H]1O)c1cc2c(cc1[N+](=O)[O-])OCO2. The molecule has 0 radical (unpaired) electrons. The number of nitrogens with two attached hydrogens (primary N) is 1. The van der Waals surface area contributed by atoms with Crippen LogP contribution in [0.3, 0.4) is 0 Å². The minimum atomic E-state index is -1.00. The van der Waals surface area contributed by atoms with Crippen molar-refractivity contribution in [3.63, 3.8) is 0 Å². The number of aromatic nitrogens is 4. The fourth-order valence-corrected chi connectivity index (χ4v) is 4.09. The summed E-state index contributed by atoms with van der Waals surface area (Å²) >= 11 is 0. The fraction of sp³-hybridized carbons (Fsp3) is 0.429. The maximum Gasteiger partial charge on any atom is 0.508 e. The number of nitrogens with zero attached hydrogens (tertiary/aromatic N) is 5. The molecule has 1 saturated heterocycles. The Bertz CT molecular complexity index is 1310. The highest BCUT2D eigenvalue weighted by atomic mass is 16.7. The van der Waals surface area contributed by atoms with Crippen molar-refractivity contribution in [2.45, 2.75) is 37.7 Å². The van der Waals surface area contributed by atoms with Crippen LogP contribution in [0, 0.1) is 10.1 Å². The summed E-state index contributed by atoms with van der Waals surface area (Å²) in [6.45, 7) is 1.19. The molecule has 4 atom stereocenters. The third kappa shape index (κ3) is 4.40. The van der Waals surface area contributed by atoms with Gasteiger partial charge in [0.2, 0.25) is 6.79 Å². The Labute approximate surface area is 202 Å². The number of nitrogen functional groups attached to an aromatic ring is 1. The number of carbonyl (C=O) groups is 1. The van der Waals surface area contributed by atoms with Gasteiger partial charge in [-0.3, -0.25) is 14.7 Å². The molecule has 5 rings (SSSR count). The van der Waals surface area contributed by atoms with E-state index in [-0.39, 0.29) is 43.7 Å². The summed E-state index contributed by atoms with van der Waals surface area (Å²) in [5, 5.41) is 21.9. The molecule has 3 aromatic rings. The molecule has 15 nitrogen and oxygen atoms in total. The summed E-state index contributed by atoms with van der Waals surface area (Å²) in [6.07, 6.45) is -0.337. The van der Waals surface area contributed by atoms with Crippen LogP contribution in [0.25, 0.3) is 11.2 Å². The molecule has 2 aliphatic heterocycles. The first-order valence-corrected chi connectivity index (χ1v) is 11.0. The number of hydrogen-bond donors (Lipinski definition) is 2. The molecular weight excluding hydrogens is 480 g/mol. The van der Waals surface area contributed by atoms with E-state index in [1.54, 1.807) is 11.5 Å². The molecular formula is C21H22N6O9. The summed E-state index contributed by atoms with van der Waals surface area (Å²) < 4.78 is 28.2. The van der Waals surface area contributed by atoms with Crippen LogP contribution in [0.1, 0.15) is 31.1 Å². The Morgan fingerprint density at radius 2 is 2.08 bits per heavy atom. The highest BCUT2D eigenvalue weighted by molar-refractivity contribution is 5.81. The van der Waals surface area contributed by atoms with Crippen LogP contribution < -0.4 is 15.2 Å². The van der Waals surface area contributed by atoms with Gasteiger partial charge in [0.15, 0.2) is 23.0 Å². The molecule has 1 fully saturated rings. The van der Waals surface area contributed by atoms with Gasteiger partial charge in [-0.05, 0) is 6.07 Å².